The van der Waals surface area contributed by atoms with Crippen LogP contribution in [-0.4, -0.2) is 20.1 Å². The third kappa shape index (κ3) is 4.99. The Morgan fingerprint density at radius 2 is 1.87 bits per heavy atom. The highest BCUT2D eigenvalue weighted by Crippen LogP contribution is 2.32. The molecule has 5 nitrogen and oxygen atoms in total. The van der Waals surface area contributed by atoms with Crippen molar-refractivity contribution in [3.05, 3.63) is 75.2 Å². The number of benzene rings is 2. The molecule has 1 fully saturated rings. The van der Waals surface area contributed by atoms with Gasteiger partial charge < -0.3 is 0 Å². The molecule has 4 rings (SSSR count). The van der Waals surface area contributed by atoms with E-state index in [2.05, 4.69) is 31.1 Å². The van der Waals surface area contributed by atoms with Crippen molar-refractivity contribution < 1.29 is 4.79 Å². The smallest absolute Gasteiger partial charge is 0.298 e. The molecule has 0 amide bonds. The second-order valence-electron chi connectivity index (χ2n) is 9.29. The zero-order valence-corrected chi connectivity index (χ0v) is 19.0. The quantitative estimate of drug-likeness (QED) is 0.497. The van der Waals surface area contributed by atoms with Crippen molar-refractivity contribution in [1.82, 2.24) is 14.3 Å². The average molecular weight is 438 g/mol. The summed E-state index contributed by atoms with van der Waals surface area (Å²) >= 11 is 6.02. The maximum Gasteiger partial charge on any atom is 0.346 e. The predicted octanol–water partition coefficient (Wildman–Crippen LogP) is 5.02. The zero-order valence-electron chi connectivity index (χ0n) is 18.3. The van der Waals surface area contributed by atoms with Crippen LogP contribution in [0.3, 0.4) is 0 Å². The van der Waals surface area contributed by atoms with Gasteiger partial charge in [-0.05, 0) is 60.9 Å². The highest BCUT2D eigenvalue weighted by molar-refractivity contribution is 6.30. The van der Waals surface area contributed by atoms with Crippen molar-refractivity contribution in [2.75, 3.05) is 0 Å². The highest BCUT2D eigenvalue weighted by Gasteiger charge is 2.28. The Labute approximate surface area is 187 Å². The van der Waals surface area contributed by atoms with Gasteiger partial charge in [-0.2, -0.15) is 0 Å². The number of ketones is 1. The molecule has 0 N–H and O–H groups in total. The monoisotopic (exact) mass is 437 g/mol. The normalized spacial score (nSPS) is 14.1. The number of aryl methyl sites for hydroxylation is 1. The summed E-state index contributed by atoms with van der Waals surface area (Å²) < 4.78 is 3.03. The van der Waals surface area contributed by atoms with Crippen LogP contribution in [0, 0.1) is 12.8 Å². The van der Waals surface area contributed by atoms with E-state index in [1.165, 1.54) is 10.2 Å². The second-order valence-corrected chi connectivity index (χ2v) is 9.73. The maximum atomic E-state index is 13.1. The summed E-state index contributed by atoms with van der Waals surface area (Å²) in [5, 5.41) is 5.18. The number of carbonyl (C=O) groups excluding carboxylic acids is 1. The lowest BCUT2D eigenvalue weighted by atomic mass is 9.79. The minimum absolute atomic E-state index is 0.00710. The van der Waals surface area contributed by atoms with Crippen LogP contribution in [0.4, 0.5) is 0 Å². The van der Waals surface area contributed by atoms with Crippen LogP contribution in [0.25, 0.3) is 11.4 Å². The fraction of sp³-hybridized carbons (Fsp3) is 0.400. The van der Waals surface area contributed by atoms with E-state index in [1.54, 1.807) is 16.7 Å². The molecule has 0 spiro atoms. The molecule has 1 heterocycles. The minimum Gasteiger partial charge on any atom is -0.298 e. The highest BCUT2D eigenvalue weighted by atomic mass is 35.5. The van der Waals surface area contributed by atoms with Crippen molar-refractivity contribution in [1.29, 1.82) is 0 Å². The molecule has 2 aromatic carbocycles. The number of Topliss-reactive ketones (excluding diaryl/α,β-unsaturated/α-hetero) is 1. The first-order valence-corrected chi connectivity index (χ1v) is 11.1. The Balaban J connectivity index is 1.58. The molecule has 1 saturated carbocycles. The van der Waals surface area contributed by atoms with Crippen LogP contribution in [0.2, 0.25) is 5.02 Å². The number of halogens is 1. The molecule has 1 aromatic heterocycles. The predicted molar refractivity (Wildman–Crippen MR) is 123 cm³/mol. The Hall–Kier alpha value is -2.66. The fourth-order valence-electron chi connectivity index (χ4n) is 3.96. The molecule has 0 radical (unpaired) electrons. The van der Waals surface area contributed by atoms with Crippen molar-refractivity contribution in [2.24, 2.45) is 5.92 Å². The number of rotatable bonds is 8. The van der Waals surface area contributed by atoms with Gasteiger partial charge in [-0.25, -0.2) is 9.48 Å². The van der Waals surface area contributed by atoms with Crippen LogP contribution in [0.15, 0.2) is 53.3 Å². The fourth-order valence-corrected chi connectivity index (χ4v) is 4.09. The van der Waals surface area contributed by atoms with Crippen LogP contribution >= 0.6 is 11.6 Å². The lowest BCUT2D eigenvalue weighted by Crippen LogP contribution is -2.31. The van der Waals surface area contributed by atoms with Crippen LogP contribution in [0.1, 0.15) is 44.2 Å². The maximum absolute atomic E-state index is 13.1. The number of hydrogen-bond donors (Lipinski definition) is 0. The van der Waals surface area contributed by atoms with Gasteiger partial charge in [0, 0.05) is 23.6 Å². The summed E-state index contributed by atoms with van der Waals surface area (Å²) in [5.74, 6) is 1.10. The Morgan fingerprint density at radius 3 is 2.52 bits per heavy atom. The lowest BCUT2D eigenvalue weighted by Gasteiger charge is -2.24. The van der Waals surface area contributed by atoms with Crippen molar-refractivity contribution in [3.63, 3.8) is 0 Å². The molecule has 0 aliphatic heterocycles. The Morgan fingerprint density at radius 1 is 1.16 bits per heavy atom. The molecule has 31 heavy (non-hydrogen) atoms. The van der Waals surface area contributed by atoms with E-state index in [1.807, 2.05) is 31.2 Å². The molecular formula is C25H28ClN3O2. The third-order valence-electron chi connectivity index (χ3n) is 5.93. The number of carbonyl (C=O) groups is 1. The van der Waals surface area contributed by atoms with Gasteiger partial charge in [0.15, 0.2) is 11.6 Å². The van der Waals surface area contributed by atoms with E-state index in [-0.39, 0.29) is 23.4 Å². The average Bonchev–Trinajstić information content (AvgIpc) is 3.48. The first-order chi connectivity index (χ1) is 14.7. The van der Waals surface area contributed by atoms with Gasteiger partial charge >= 0.3 is 5.69 Å². The number of hydrogen-bond acceptors (Lipinski definition) is 3. The van der Waals surface area contributed by atoms with Crippen LogP contribution in [-0.2, 0) is 23.3 Å². The van der Waals surface area contributed by atoms with Gasteiger partial charge in [0.05, 0.1) is 0 Å². The van der Waals surface area contributed by atoms with E-state index >= 15 is 0 Å². The lowest BCUT2D eigenvalue weighted by molar-refractivity contribution is -0.120. The van der Waals surface area contributed by atoms with E-state index in [0.29, 0.717) is 29.7 Å². The van der Waals surface area contributed by atoms with Crippen molar-refractivity contribution in [3.8, 4) is 11.4 Å². The Bertz CT molecular complexity index is 1150. The van der Waals surface area contributed by atoms with E-state index < -0.39 is 0 Å². The van der Waals surface area contributed by atoms with Gasteiger partial charge in [0.1, 0.15) is 6.54 Å². The summed E-state index contributed by atoms with van der Waals surface area (Å²) in [6.45, 7) is 6.79. The minimum atomic E-state index is -0.317. The molecular weight excluding hydrogens is 410 g/mol. The topological polar surface area (TPSA) is 56.9 Å². The molecule has 1 aliphatic carbocycles. The zero-order chi connectivity index (χ0) is 22.2. The van der Waals surface area contributed by atoms with E-state index in [0.717, 1.165) is 24.0 Å². The van der Waals surface area contributed by atoms with Gasteiger partial charge in [0.2, 0.25) is 0 Å². The SMILES string of the molecule is Cc1cccc(C(C)(C)CC(=O)Cn2nc(-c3ccc(Cl)cc3)n(CC3CC3)c2=O)c1. The summed E-state index contributed by atoms with van der Waals surface area (Å²) in [5.41, 5.74) is 2.57. The van der Waals surface area contributed by atoms with E-state index in [4.69, 9.17) is 11.6 Å². The molecule has 0 atom stereocenters. The first kappa shape index (κ1) is 21.6. The molecule has 6 heteroatoms. The summed E-state index contributed by atoms with van der Waals surface area (Å²) in [7, 11) is 0. The molecule has 3 aromatic rings. The summed E-state index contributed by atoms with van der Waals surface area (Å²) in [4.78, 5) is 26.0. The third-order valence-corrected chi connectivity index (χ3v) is 6.18. The largest absolute Gasteiger partial charge is 0.346 e. The van der Waals surface area contributed by atoms with Gasteiger partial charge in [-0.3, -0.25) is 9.36 Å². The van der Waals surface area contributed by atoms with Gasteiger partial charge in [0.25, 0.3) is 0 Å². The molecule has 0 bridgehead atoms. The summed E-state index contributed by atoms with van der Waals surface area (Å²) in [6.07, 6.45) is 2.59. The Kier molecular flexibility index (Phi) is 5.89. The number of aromatic nitrogens is 3. The molecule has 1 aliphatic rings. The second kappa shape index (κ2) is 8.46. The first-order valence-electron chi connectivity index (χ1n) is 10.8. The van der Waals surface area contributed by atoms with Crippen LogP contribution < -0.4 is 5.69 Å². The van der Waals surface area contributed by atoms with Crippen LogP contribution in [0.5, 0.6) is 0 Å². The van der Waals surface area contributed by atoms with Crippen molar-refractivity contribution in [2.45, 2.75) is 58.5 Å². The standard InChI is InChI=1S/C25H28ClN3O2/c1-17-5-4-6-20(13-17)25(2,3)14-22(30)16-29-24(31)28(15-18-7-8-18)23(27-29)19-9-11-21(26)12-10-19/h4-6,9-13,18H,7-8,14-16H2,1-3H3. The van der Waals surface area contributed by atoms with Gasteiger partial charge in [-0.1, -0.05) is 55.3 Å². The summed E-state index contributed by atoms with van der Waals surface area (Å²) in [6, 6.07) is 15.5. The van der Waals surface area contributed by atoms with Gasteiger partial charge in [-0.15, -0.1) is 5.10 Å². The van der Waals surface area contributed by atoms with E-state index in [9.17, 15) is 9.59 Å². The molecule has 0 saturated heterocycles. The van der Waals surface area contributed by atoms with Crippen molar-refractivity contribution >= 4 is 17.4 Å². The molecule has 162 valence electrons. The number of nitrogens with zero attached hydrogens (tertiary/aromatic N) is 3. The molecule has 0 unspecified atom stereocenters.